The number of amides is 1. The van der Waals surface area contributed by atoms with E-state index in [0.29, 0.717) is 15.7 Å². The van der Waals surface area contributed by atoms with Gasteiger partial charge in [-0.25, -0.2) is 8.42 Å². The molecule has 5 nitrogen and oxygen atoms in total. The highest BCUT2D eigenvalue weighted by molar-refractivity contribution is 9.10. The highest BCUT2D eigenvalue weighted by Crippen LogP contribution is 2.24. The van der Waals surface area contributed by atoms with Gasteiger partial charge in [0, 0.05) is 21.8 Å². The van der Waals surface area contributed by atoms with Crippen molar-refractivity contribution in [2.24, 2.45) is 0 Å². The van der Waals surface area contributed by atoms with E-state index >= 15 is 0 Å². The van der Waals surface area contributed by atoms with Crippen LogP contribution in [-0.2, 0) is 10.0 Å². The number of carbonyl (C=O) groups excluding carboxylic acids is 1. The number of halogens is 1. The Kier molecular flexibility index (Phi) is 4.41. The average Bonchev–Trinajstić information content (AvgIpc) is 3.31. The van der Waals surface area contributed by atoms with Gasteiger partial charge in [-0.15, -0.1) is 0 Å². The van der Waals surface area contributed by atoms with E-state index in [0.717, 1.165) is 12.8 Å². The molecule has 0 radical (unpaired) electrons. The van der Waals surface area contributed by atoms with Crippen LogP contribution in [0, 0.1) is 0 Å². The number of anilines is 1. The lowest BCUT2D eigenvalue weighted by Gasteiger charge is -2.11. The number of hydrogen-bond donors (Lipinski definition) is 2. The maximum absolute atomic E-state index is 12.4. The number of nitrogens with one attached hydrogen (secondary N) is 2. The van der Waals surface area contributed by atoms with Gasteiger partial charge in [0.25, 0.3) is 15.9 Å². The van der Waals surface area contributed by atoms with Gasteiger partial charge < -0.3 is 5.32 Å². The summed E-state index contributed by atoms with van der Waals surface area (Å²) in [5, 5.41) is 2.88. The largest absolute Gasteiger partial charge is 0.349 e. The van der Waals surface area contributed by atoms with Gasteiger partial charge in [-0.05, 0) is 59.1 Å². The van der Waals surface area contributed by atoms with Crippen LogP contribution < -0.4 is 10.0 Å². The van der Waals surface area contributed by atoms with E-state index in [1.807, 2.05) is 0 Å². The lowest BCUT2D eigenvalue weighted by molar-refractivity contribution is 0.0951. The molecule has 1 aliphatic rings. The summed E-state index contributed by atoms with van der Waals surface area (Å²) in [4.78, 5) is 12.2. The zero-order chi connectivity index (χ0) is 16.4. The predicted octanol–water partition coefficient (Wildman–Crippen LogP) is 3.14. The van der Waals surface area contributed by atoms with E-state index < -0.39 is 10.0 Å². The third-order valence-electron chi connectivity index (χ3n) is 3.42. The molecule has 0 saturated heterocycles. The summed E-state index contributed by atoms with van der Waals surface area (Å²) < 4.78 is 27.9. The third kappa shape index (κ3) is 3.92. The smallest absolute Gasteiger partial charge is 0.263 e. The van der Waals surface area contributed by atoms with Gasteiger partial charge in [-0.2, -0.15) is 0 Å². The molecule has 1 amide bonds. The molecule has 1 fully saturated rings. The predicted molar refractivity (Wildman–Crippen MR) is 91.9 cm³/mol. The third-order valence-corrected chi connectivity index (χ3v) is 5.81. The Hall–Kier alpha value is -1.86. The first kappa shape index (κ1) is 16.0. The summed E-state index contributed by atoms with van der Waals surface area (Å²) in [7, 11) is -3.73. The highest BCUT2D eigenvalue weighted by Gasteiger charge is 2.24. The Morgan fingerprint density at radius 3 is 2.52 bits per heavy atom. The van der Waals surface area contributed by atoms with Crippen LogP contribution in [0.1, 0.15) is 23.2 Å². The molecule has 0 spiro atoms. The Labute approximate surface area is 143 Å². The van der Waals surface area contributed by atoms with Crippen molar-refractivity contribution in [2.75, 3.05) is 4.72 Å². The van der Waals surface area contributed by atoms with Gasteiger partial charge >= 0.3 is 0 Å². The second kappa shape index (κ2) is 6.33. The summed E-state index contributed by atoms with van der Waals surface area (Å²) >= 11 is 3.23. The van der Waals surface area contributed by atoms with Crippen LogP contribution in [0.15, 0.2) is 57.9 Å². The molecule has 1 aliphatic carbocycles. The molecule has 2 aromatic rings. The topological polar surface area (TPSA) is 75.3 Å². The van der Waals surface area contributed by atoms with Crippen molar-refractivity contribution in [1.82, 2.24) is 5.32 Å². The number of hydrogen-bond acceptors (Lipinski definition) is 3. The van der Waals surface area contributed by atoms with Gasteiger partial charge in [0.05, 0.1) is 0 Å². The maximum Gasteiger partial charge on any atom is 0.263 e. The fraction of sp³-hybridized carbons (Fsp3) is 0.188. The van der Waals surface area contributed by atoms with E-state index in [-0.39, 0.29) is 16.8 Å². The normalized spacial score (nSPS) is 14.3. The molecule has 0 heterocycles. The number of rotatable bonds is 5. The highest BCUT2D eigenvalue weighted by atomic mass is 79.9. The van der Waals surface area contributed by atoms with E-state index in [1.165, 1.54) is 12.1 Å². The van der Waals surface area contributed by atoms with Crippen LogP contribution >= 0.6 is 15.9 Å². The molecule has 0 bridgehead atoms. The van der Waals surface area contributed by atoms with Crippen LogP contribution in [-0.4, -0.2) is 20.4 Å². The minimum absolute atomic E-state index is 0.146. The van der Waals surface area contributed by atoms with E-state index in [9.17, 15) is 13.2 Å². The van der Waals surface area contributed by atoms with Crippen LogP contribution in [0.4, 0.5) is 5.69 Å². The van der Waals surface area contributed by atoms with Crippen LogP contribution in [0.5, 0.6) is 0 Å². The SMILES string of the molecule is O=C(NC1CC1)c1cccc(NS(=O)(=O)c2ccccc2Br)c1. The van der Waals surface area contributed by atoms with E-state index in [4.69, 9.17) is 0 Å². The summed E-state index contributed by atoms with van der Waals surface area (Å²) in [6.07, 6.45) is 2.00. The van der Waals surface area contributed by atoms with Crippen LogP contribution in [0.2, 0.25) is 0 Å². The lowest BCUT2D eigenvalue weighted by atomic mass is 10.2. The van der Waals surface area contributed by atoms with Crippen molar-refractivity contribution in [3.63, 3.8) is 0 Å². The Balaban J connectivity index is 1.82. The van der Waals surface area contributed by atoms with E-state index in [1.54, 1.807) is 36.4 Å². The molecule has 1 saturated carbocycles. The zero-order valence-corrected chi connectivity index (χ0v) is 14.5. The van der Waals surface area contributed by atoms with Gasteiger partial charge in [0.15, 0.2) is 0 Å². The fourth-order valence-electron chi connectivity index (χ4n) is 2.09. The van der Waals surface area contributed by atoms with Gasteiger partial charge in [0.1, 0.15) is 4.90 Å². The van der Waals surface area contributed by atoms with E-state index in [2.05, 4.69) is 26.0 Å². The molecule has 0 atom stereocenters. The molecule has 0 unspecified atom stereocenters. The van der Waals surface area contributed by atoms with Gasteiger partial charge in [-0.3, -0.25) is 9.52 Å². The molecule has 120 valence electrons. The Bertz CT molecular complexity index is 848. The summed E-state index contributed by atoms with van der Waals surface area (Å²) in [5.41, 5.74) is 0.786. The molecule has 7 heteroatoms. The molecule has 0 aromatic heterocycles. The van der Waals surface area contributed by atoms with Crippen molar-refractivity contribution in [3.05, 3.63) is 58.6 Å². The molecule has 23 heavy (non-hydrogen) atoms. The number of sulfonamides is 1. The lowest BCUT2D eigenvalue weighted by Crippen LogP contribution is -2.25. The molecular formula is C16H15BrN2O3S. The van der Waals surface area contributed by atoms with Crippen molar-refractivity contribution in [2.45, 2.75) is 23.8 Å². The molecule has 2 aromatic carbocycles. The zero-order valence-electron chi connectivity index (χ0n) is 12.1. The molecule has 2 N–H and O–H groups in total. The second-order valence-electron chi connectivity index (χ2n) is 5.36. The van der Waals surface area contributed by atoms with Crippen LogP contribution in [0.3, 0.4) is 0 Å². The fourth-order valence-corrected chi connectivity index (χ4v) is 4.15. The molecule has 0 aliphatic heterocycles. The average molecular weight is 395 g/mol. The van der Waals surface area contributed by atoms with Crippen molar-refractivity contribution < 1.29 is 13.2 Å². The first-order valence-electron chi connectivity index (χ1n) is 7.14. The first-order chi connectivity index (χ1) is 11.0. The maximum atomic E-state index is 12.4. The van der Waals surface area contributed by atoms with Gasteiger partial charge in [-0.1, -0.05) is 18.2 Å². The Morgan fingerprint density at radius 2 is 1.83 bits per heavy atom. The quantitative estimate of drug-likeness (QED) is 0.817. The monoisotopic (exact) mass is 394 g/mol. The van der Waals surface area contributed by atoms with Crippen molar-refractivity contribution >= 4 is 37.5 Å². The summed E-state index contributed by atoms with van der Waals surface area (Å²) in [6.45, 7) is 0. The van der Waals surface area contributed by atoms with Crippen molar-refractivity contribution in [3.8, 4) is 0 Å². The number of carbonyl (C=O) groups is 1. The molecular weight excluding hydrogens is 380 g/mol. The van der Waals surface area contributed by atoms with Crippen LogP contribution in [0.25, 0.3) is 0 Å². The minimum Gasteiger partial charge on any atom is -0.349 e. The Morgan fingerprint density at radius 1 is 1.09 bits per heavy atom. The standard InChI is InChI=1S/C16H15BrN2O3S/c17-14-6-1-2-7-15(14)23(21,22)19-13-5-3-4-11(10-13)16(20)18-12-8-9-12/h1-7,10,12,19H,8-9H2,(H,18,20). The summed E-state index contributed by atoms with van der Waals surface area (Å²) in [5.74, 6) is -0.186. The molecule has 3 rings (SSSR count). The van der Waals surface area contributed by atoms with Crippen molar-refractivity contribution in [1.29, 1.82) is 0 Å². The minimum atomic E-state index is -3.73. The summed E-state index contributed by atoms with van der Waals surface area (Å²) in [6, 6.07) is 13.3. The second-order valence-corrected chi connectivity index (χ2v) is 7.87. The first-order valence-corrected chi connectivity index (χ1v) is 9.41. The number of benzene rings is 2. The van der Waals surface area contributed by atoms with Gasteiger partial charge in [0.2, 0.25) is 0 Å².